The standard InChI is InChI=1S/C11H16N2O/c1-9-3-2-4-10(12-9)7-13-6-5-11(14)8-13/h2-4,11,14H,5-8H2,1H3/t11-/m1/s1. The highest BCUT2D eigenvalue weighted by atomic mass is 16.3. The fourth-order valence-electron chi connectivity index (χ4n) is 1.87. The number of aliphatic hydroxyl groups is 1. The zero-order valence-corrected chi connectivity index (χ0v) is 8.48. The summed E-state index contributed by atoms with van der Waals surface area (Å²) in [7, 11) is 0. The van der Waals surface area contributed by atoms with Gasteiger partial charge in [-0.05, 0) is 25.5 Å². The molecule has 0 bridgehead atoms. The summed E-state index contributed by atoms with van der Waals surface area (Å²) < 4.78 is 0. The minimum absolute atomic E-state index is 0.139. The zero-order chi connectivity index (χ0) is 9.97. The lowest BCUT2D eigenvalue weighted by atomic mass is 10.3. The molecule has 1 atom stereocenters. The van der Waals surface area contributed by atoms with E-state index in [0.29, 0.717) is 0 Å². The Balaban J connectivity index is 1.97. The number of nitrogens with zero attached hydrogens (tertiary/aromatic N) is 2. The Morgan fingerprint density at radius 1 is 1.57 bits per heavy atom. The smallest absolute Gasteiger partial charge is 0.0679 e. The Bertz CT molecular complexity index is 314. The molecule has 3 heteroatoms. The molecule has 14 heavy (non-hydrogen) atoms. The number of aromatic nitrogens is 1. The SMILES string of the molecule is Cc1cccc(CN2CC[C@@H](O)C2)n1. The summed E-state index contributed by atoms with van der Waals surface area (Å²) in [4.78, 5) is 6.68. The molecule has 0 aromatic carbocycles. The van der Waals surface area contributed by atoms with Crippen molar-refractivity contribution in [2.24, 2.45) is 0 Å². The van der Waals surface area contributed by atoms with Crippen molar-refractivity contribution in [3.8, 4) is 0 Å². The van der Waals surface area contributed by atoms with E-state index in [1.165, 1.54) is 0 Å². The summed E-state index contributed by atoms with van der Waals surface area (Å²) >= 11 is 0. The first-order valence-corrected chi connectivity index (χ1v) is 5.07. The van der Waals surface area contributed by atoms with Crippen molar-refractivity contribution in [3.63, 3.8) is 0 Å². The third kappa shape index (κ3) is 2.30. The van der Waals surface area contributed by atoms with Crippen LogP contribution in [0.4, 0.5) is 0 Å². The van der Waals surface area contributed by atoms with E-state index in [0.717, 1.165) is 37.4 Å². The van der Waals surface area contributed by atoms with E-state index in [1.54, 1.807) is 0 Å². The quantitative estimate of drug-likeness (QED) is 0.758. The second-order valence-corrected chi connectivity index (χ2v) is 3.95. The maximum atomic E-state index is 9.37. The van der Waals surface area contributed by atoms with Crippen LogP contribution in [0.5, 0.6) is 0 Å². The molecule has 1 aliphatic rings. The molecule has 0 unspecified atom stereocenters. The fraction of sp³-hybridized carbons (Fsp3) is 0.545. The lowest BCUT2D eigenvalue weighted by molar-refractivity contribution is 0.174. The highest BCUT2D eigenvalue weighted by Gasteiger charge is 2.20. The van der Waals surface area contributed by atoms with Gasteiger partial charge in [0, 0.05) is 25.3 Å². The Kier molecular flexibility index (Phi) is 2.79. The van der Waals surface area contributed by atoms with Crippen molar-refractivity contribution in [1.82, 2.24) is 9.88 Å². The number of aliphatic hydroxyl groups excluding tert-OH is 1. The van der Waals surface area contributed by atoms with Crippen LogP contribution >= 0.6 is 0 Å². The molecule has 1 fully saturated rings. The van der Waals surface area contributed by atoms with E-state index < -0.39 is 0 Å². The third-order valence-electron chi connectivity index (χ3n) is 2.58. The molecule has 2 rings (SSSR count). The van der Waals surface area contributed by atoms with Gasteiger partial charge < -0.3 is 5.11 Å². The van der Waals surface area contributed by atoms with Gasteiger partial charge in [-0.25, -0.2) is 0 Å². The lowest BCUT2D eigenvalue weighted by Gasteiger charge is -2.14. The largest absolute Gasteiger partial charge is 0.392 e. The minimum Gasteiger partial charge on any atom is -0.392 e. The highest BCUT2D eigenvalue weighted by molar-refractivity contribution is 5.09. The Hall–Kier alpha value is -0.930. The number of likely N-dealkylation sites (tertiary alicyclic amines) is 1. The highest BCUT2D eigenvalue weighted by Crippen LogP contribution is 2.12. The van der Waals surface area contributed by atoms with Crippen LogP contribution < -0.4 is 0 Å². The van der Waals surface area contributed by atoms with Crippen LogP contribution in [0.1, 0.15) is 17.8 Å². The molecule has 3 nitrogen and oxygen atoms in total. The van der Waals surface area contributed by atoms with E-state index in [4.69, 9.17) is 0 Å². The van der Waals surface area contributed by atoms with Gasteiger partial charge in [0.2, 0.25) is 0 Å². The molecule has 0 spiro atoms. The second kappa shape index (κ2) is 4.07. The normalized spacial score (nSPS) is 22.9. The topological polar surface area (TPSA) is 36.4 Å². The van der Waals surface area contributed by atoms with Gasteiger partial charge in [0.1, 0.15) is 0 Å². The summed E-state index contributed by atoms with van der Waals surface area (Å²) in [5.41, 5.74) is 2.15. The van der Waals surface area contributed by atoms with Gasteiger partial charge in [0.25, 0.3) is 0 Å². The third-order valence-corrected chi connectivity index (χ3v) is 2.58. The summed E-state index contributed by atoms with van der Waals surface area (Å²) in [6, 6.07) is 6.07. The predicted molar refractivity (Wildman–Crippen MR) is 54.9 cm³/mol. The number of β-amino-alcohol motifs (C(OH)–C–C–N with tert-alkyl or cyclic N) is 1. The first-order valence-electron chi connectivity index (χ1n) is 5.07. The molecule has 2 heterocycles. The van der Waals surface area contributed by atoms with E-state index >= 15 is 0 Å². The van der Waals surface area contributed by atoms with Crippen molar-refractivity contribution in [1.29, 1.82) is 0 Å². The Labute approximate surface area is 84.4 Å². The molecular weight excluding hydrogens is 176 g/mol. The number of hydrogen-bond donors (Lipinski definition) is 1. The Morgan fingerprint density at radius 3 is 3.07 bits per heavy atom. The van der Waals surface area contributed by atoms with Gasteiger partial charge >= 0.3 is 0 Å². The number of pyridine rings is 1. The first-order chi connectivity index (χ1) is 6.74. The molecule has 1 N–H and O–H groups in total. The first kappa shape index (κ1) is 9.62. The minimum atomic E-state index is -0.139. The van der Waals surface area contributed by atoms with Crippen LogP contribution in [0.2, 0.25) is 0 Å². The van der Waals surface area contributed by atoms with Crippen molar-refractivity contribution in [3.05, 3.63) is 29.6 Å². The molecule has 0 saturated carbocycles. The lowest BCUT2D eigenvalue weighted by Crippen LogP contribution is -2.22. The monoisotopic (exact) mass is 192 g/mol. The van der Waals surface area contributed by atoms with E-state index in [9.17, 15) is 5.11 Å². The molecule has 1 aromatic rings. The van der Waals surface area contributed by atoms with Gasteiger partial charge in [-0.2, -0.15) is 0 Å². The predicted octanol–water partition coefficient (Wildman–Crippen LogP) is 0.957. The van der Waals surface area contributed by atoms with Crippen LogP contribution in [0.25, 0.3) is 0 Å². The number of hydrogen-bond acceptors (Lipinski definition) is 3. The van der Waals surface area contributed by atoms with E-state index in [2.05, 4.69) is 9.88 Å². The maximum absolute atomic E-state index is 9.37. The van der Waals surface area contributed by atoms with Gasteiger partial charge in [-0.3, -0.25) is 9.88 Å². The average Bonchev–Trinajstić information content (AvgIpc) is 2.51. The average molecular weight is 192 g/mol. The fourth-order valence-corrected chi connectivity index (χ4v) is 1.87. The van der Waals surface area contributed by atoms with E-state index in [-0.39, 0.29) is 6.10 Å². The molecular formula is C11H16N2O. The molecule has 1 aliphatic heterocycles. The summed E-state index contributed by atoms with van der Waals surface area (Å²) in [5, 5.41) is 9.37. The van der Waals surface area contributed by atoms with E-state index in [1.807, 2.05) is 25.1 Å². The van der Waals surface area contributed by atoms with Crippen LogP contribution in [-0.2, 0) is 6.54 Å². The summed E-state index contributed by atoms with van der Waals surface area (Å²) in [5.74, 6) is 0. The van der Waals surface area contributed by atoms with Crippen molar-refractivity contribution < 1.29 is 5.11 Å². The van der Waals surface area contributed by atoms with Crippen molar-refractivity contribution in [2.75, 3.05) is 13.1 Å². The molecule has 0 radical (unpaired) electrons. The maximum Gasteiger partial charge on any atom is 0.0679 e. The van der Waals surface area contributed by atoms with Crippen LogP contribution in [0.15, 0.2) is 18.2 Å². The van der Waals surface area contributed by atoms with Crippen molar-refractivity contribution in [2.45, 2.75) is 26.0 Å². The van der Waals surface area contributed by atoms with Gasteiger partial charge in [-0.1, -0.05) is 6.07 Å². The molecule has 0 aliphatic carbocycles. The molecule has 1 saturated heterocycles. The van der Waals surface area contributed by atoms with Crippen LogP contribution in [-0.4, -0.2) is 34.2 Å². The Morgan fingerprint density at radius 2 is 2.43 bits per heavy atom. The molecule has 76 valence electrons. The molecule has 0 amide bonds. The van der Waals surface area contributed by atoms with Crippen LogP contribution in [0, 0.1) is 6.92 Å². The van der Waals surface area contributed by atoms with Gasteiger partial charge in [0.15, 0.2) is 0 Å². The zero-order valence-electron chi connectivity index (χ0n) is 8.48. The number of rotatable bonds is 2. The second-order valence-electron chi connectivity index (χ2n) is 3.95. The van der Waals surface area contributed by atoms with Gasteiger partial charge in [-0.15, -0.1) is 0 Å². The molecule has 1 aromatic heterocycles. The van der Waals surface area contributed by atoms with Crippen LogP contribution in [0.3, 0.4) is 0 Å². The van der Waals surface area contributed by atoms with Crippen molar-refractivity contribution >= 4 is 0 Å². The van der Waals surface area contributed by atoms with Gasteiger partial charge in [0.05, 0.1) is 11.8 Å². The summed E-state index contributed by atoms with van der Waals surface area (Å²) in [6.07, 6.45) is 0.756. The summed E-state index contributed by atoms with van der Waals surface area (Å²) in [6.45, 7) is 4.63. The number of aryl methyl sites for hydroxylation is 1.